The van der Waals surface area contributed by atoms with Gasteiger partial charge in [-0.3, -0.25) is 10.1 Å². The van der Waals surface area contributed by atoms with Crippen molar-refractivity contribution >= 4 is 25.5 Å². The first-order chi connectivity index (χ1) is 14.6. The minimum atomic E-state index is -3.98. The summed E-state index contributed by atoms with van der Waals surface area (Å²) in [5, 5.41) is 0.627. The summed E-state index contributed by atoms with van der Waals surface area (Å²) in [7, 11) is -7.84. The number of sulfone groups is 2. The average Bonchev–Trinajstić information content (AvgIpc) is 3.01. The molecule has 164 valence electrons. The number of ketones is 1. The molecule has 1 unspecified atom stereocenters. The number of hydrogen-bond donors (Lipinski definition) is 1. The van der Waals surface area contributed by atoms with Gasteiger partial charge in [0.05, 0.1) is 9.79 Å². The highest BCUT2D eigenvalue weighted by molar-refractivity contribution is 7.93. The highest BCUT2D eigenvalue weighted by Gasteiger charge is 2.55. The molecule has 0 saturated carbocycles. The molecule has 2 aliphatic rings. The largest absolute Gasteiger partial charge is 0.297 e. The molecule has 1 aliphatic heterocycles. The van der Waals surface area contributed by atoms with E-state index in [0.29, 0.717) is 12.1 Å². The Bertz CT molecular complexity index is 1260. The van der Waals surface area contributed by atoms with Crippen molar-refractivity contribution < 1.29 is 21.6 Å². The lowest BCUT2D eigenvalue weighted by Gasteiger charge is -2.37. The Morgan fingerprint density at radius 3 is 2.03 bits per heavy atom. The van der Waals surface area contributed by atoms with E-state index in [9.17, 15) is 21.6 Å². The lowest BCUT2D eigenvalue weighted by Crippen LogP contribution is -2.51. The smallest absolute Gasteiger partial charge is 0.198 e. The molecule has 1 N–H and O–H groups in total. The van der Waals surface area contributed by atoms with Gasteiger partial charge in [0, 0.05) is 5.92 Å². The standard InChI is InChI=1S/C23H25NO5S2/c1-14-9-11-18(12-10-14)31(28,29)23-20-16(3)21(25)22(19(20)15(2)13-24-23)30(26,27)17-7-5-4-6-8-17/h4-12,15,19,22-24H,13H2,1-3H3/t15-,19+,22-,23?/m0/s1. The van der Waals surface area contributed by atoms with E-state index in [-0.39, 0.29) is 21.3 Å². The van der Waals surface area contributed by atoms with Gasteiger partial charge in [0.15, 0.2) is 25.5 Å². The van der Waals surface area contributed by atoms with E-state index in [1.54, 1.807) is 49.4 Å². The van der Waals surface area contributed by atoms with Gasteiger partial charge in [0.1, 0.15) is 10.6 Å². The van der Waals surface area contributed by atoms with Gasteiger partial charge in [-0.25, -0.2) is 16.8 Å². The molecule has 4 rings (SSSR count). The number of aryl methyl sites for hydroxylation is 1. The van der Waals surface area contributed by atoms with Gasteiger partial charge in [-0.1, -0.05) is 42.8 Å². The van der Waals surface area contributed by atoms with Crippen molar-refractivity contribution in [3.8, 4) is 0 Å². The number of Topliss-reactive ketones (excluding diaryl/α,β-unsaturated/α-hetero) is 1. The molecule has 0 spiro atoms. The van der Waals surface area contributed by atoms with E-state index < -0.39 is 42.0 Å². The summed E-state index contributed by atoms with van der Waals surface area (Å²) in [5.41, 5.74) is 1.55. The molecule has 0 bridgehead atoms. The SMILES string of the molecule is CC1=C2C(S(=O)(=O)c3ccc(C)cc3)NC[C@H](C)[C@H]2[C@H](S(=O)(=O)c2ccccc2)C1=O. The molecule has 4 atom stereocenters. The summed E-state index contributed by atoms with van der Waals surface area (Å²) < 4.78 is 53.8. The summed E-state index contributed by atoms with van der Waals surface area (Å²) in [6.07, 6.45) is 0. The Kier molecular flexibility index (Phi) is 5.44. The number of carbonyl (C=O) groups excluding carboxylic acids is 1. The predicted molar refractivity (Wildman–Crippen MR) is 118 cm³/mol. The van der Waals surface area contributed by atoms with Crippen molar-refractivity contribution in [1.82, 2.24) is 5.32 Å². The second kappa shape index (κ2) is 7.69. The molecular formula is C23H25NO5S2. The van der Waals surface area contributed by atoms with Gasteiger partial charge in [0.2, 0.25) is 0 Å². The third-order valence-corrected chi connectivity index (χ3v) is 10.4. The van der Waals surface area contributed by atoms with E-state index in [2.05, 4.69) is 5.32 Å². The van der Waals surface area contributed by atoms with Crippen molar-refractivity contribution in [2.75, 3.05) is 6.54 Å². The number of allylic oxidation sites excluding steroid dienone is 1. The zero-order chi connectivity index (χ0) is 22.6. The third-order valence-electron chi connectivity index (χ3n) is 6.33. The van der Waals surface area contributed by atoms with E-state index in [4.69, 9.17) is 0 Å². The quantitative estimate of drug-likeness (QED) is 0.755. The maximum absolute atomic E-state index is 13.5. The molecule has 1 saturated heterocycles. The van der Waals surface area contributed by atoms with Crippen LogP contribution in [0.1, 0.15) is 19.4 Å². The predicted octanol–water partition coefficient (Wildman–Crippen LogP) is 2.69. The van der Waals surface area contributed by atoms with Gasteiger partial charge in [-0.05, 0) is 61.7 Å². The summed E-state index contributed by atoms with van der Waals surface area (Å²) in [4.78, 5) is 13.5. The number of rotatable bonds is 4. The zero-order valence-electron chi connectivity index (χ0n) is 17.6. The minimum absolute atomic E-state index is 0.0751. The van der Waals surface area contributed by atoms with Crippen molar-refractivity contribution in [2.45, 2.75) is 41.2 Å². The first kappa shape index (κ1) is 21.9. The van der Waals surface area contributed by atoms with Crippen LogP contribution in [0.4, 0.5) is 0 Å². The summed E-state index contributed by atoms with van der Waals surface area (Å²) in [6, 6.07) is 14.4. The highest BCUT2D eigenvalue weighted by atomic mass is 32.2. The fourth-order valence-electron chi connectivity index (χ4n) is 4.67. The molecule has 1 fully saturated rings. The van der Waals surface area contributed by atoms with Crippen LogP contribution in [-0.4, -0.2) is 39.8 Å². The Hall–Kier alpha value is -2.29. The molecule has 2 aromatic carbocycles. The minimum Gasteiger partial charge on any atom is -0.297 e. The number of fused-ring (bicyclic) bond motifs is 1. The molecule has 31 heavy (non-hydrogen) atoms. The van der Waals surface area contributed by atoms with Crippen molar-refractivity contribution in [3.63, 3.8) is 0 Å². The van der Waals surface area contributed by atoms with Crippen LogP contribution in [-0.2, 0) is 24.5 Å². The summed E-state index contributed by atoms with van der Waals surface area (Å²) in [6.45, 7) is 5.56. The Morgan fingerprint density at radius 2 is 1.42 bits per heavy atom. The first-order valence-electron chi connectivity index (χ1n) is 10.1. The normalized spacial score (nSPS) is 26.7. The van der Waals surface area contributed by atoms with Gasteiger partial charge < -0.3 is 0 Å². The molecule has 1 heterocycles. The summed E-state index contributed by atoms with van der Waals surface area (Å²) >= 11 is 0. The first-order valence-corrected chi connectivity index (χ1v) is 13.2. The van der Waals surface area contributed by atoms with Crippen LogP contribution in [0.25, 0.3) is 0 Å². The Morgan fingerprint density at radius 1 is 0.839 bits per heavy atom. The second-order valence-electron chi connectivity index (χ2n) is 8.37. The van der Waals surface area contributed by atoms with Crippen LogP contribution in [0.15, 0.2) is 75.5 Å². The molecule has 0 aromatic heterocycles. The maximum Gasteiger partial charge on any atom is 0.198 e. The molecular weight excluding hydrogens is 434 g/mol. The van der Waals surface area contributed by atoms with Crippen molar-refractivity contribution in [3.05, 3.63) is 71.3 Å². The van der Waals surface area contributed by atoms with Gasteiger partial charge >= 0.3 is 0 Å². The van der Waals surface area contributed by atoms with Crippen LogP contribution in [0.2, 0.25) is 0 Å². The van der Waals surface area contributed by atoms with Crippen LogP contribution in [0, 0.1) is 18.8 Å². The molecule has 0 amide bonds. The molecule has 6 nitrogen and oxygen atoms in total. The van der Waals surface area contributed by atoms with Crippen LogP contribution >= 0.6 is 0 Å². The summed E-state index contributed by atoms with van der Waals surface area (Å²) in [5.74, 6) is -1.42. The van der Waals surface area contributed by atoms with E-state index in [1.807, 2.05) is 13.8 Å². The molecule has 2 aromatic rings. The van der Waals surface area contributed by atoms with Gasteiger partial charge in [0.25, 0.3) is 0 Å². The van der Waals surface area contributed by atoms with Crippen molar-refractivity contribution in [2.24, 2.45) is 11.8 Å². The van der Waals surface area contributed by atoms with Gasteiger partial charge in [-0.2, -0.15) is 0 Å². The number of carbonyl (C=O) groups is 1. The number of nitrogens with one attached hydrogen (secondary N) is 1. The fourth-order valence-corrected chi connectivity index (χ4v) is 8.53. The van der Waals surface area contributed by atoms with E-state index in [0.717, 1.165) is 5.56 Å². The lowest BCUT2D eigenvalue weighted by atomic mass is 9.84. The van der Waals surface area contributed by atoms with Crippen LogP contribution in [0.3, 0.4) is 0 Å². The lowest BCUT2D eigenvalue weighted by molar-refractivity contribution is -0.115. The number of benzene rings is 2. The molecule has 0 radical (unpaired) electrons. The van der Waals surface area contributed by atoms with Gasteiger partial charge in [-0.15, -0.1) is 0 Å². The number of piperidine rings is 1. The van der Waals surface area contributed by atoms with E-state index in [1.165, 1.54) is 12.1 Å². The number of hydrogen-bond acceptors (Lipinski definition) is 6. The monoisotopic (exact) mass is 459 g/mol. The second-order valence-corrected chi connectivity index (χ2v) is 12.5. The average molecular weight is 460 g/mol. The zero-order valence-corrected chi connectivity index (χ0v) is 19.2. The van der Waals surface area contributed by atoms with Crippen molar-refractivity contribution in [1.29, 1.82) is 0 Å². The topological polar surface area (TPSA) is 97.4 Å². The molecule has 1 aliphatic carbocycles. The maximum atomic E-state index is 13.5. The Balaban J connectivity index is 1.82. The van der Waals surface area contributed by atoms with E-state index >= 15 is 0 Å². The third kappa shape index (κ3) is 3.46. The highest BCUT2D eigenvalue weighted by Crippen LogP contribution is 2.45. The Labute approximate surface area is 183 Å². The van der Waals surface area contributed by atoms with Crippen LogP contribution < -0.4 is 5.32 Å². The molecule has 8 heteroatoms. The van der Waals surface area contributed by atoms with Crippen LogP contribution in [0.5, 0.6) is 0 Å². The fraction of sp³-hybridized carbons (Fsp3) is 0.348.